The molecular formula is C6HBr2N5O4. The van der Waals surface area contributed by atoms with Crippen molar-refractivity contribution in [2.24, 2.45) is 0 Å². The van der Waals surface area contributed by atoms with E-state index in [9.17, 15) is 20.2 Å². The summed E-state index contributed by atoms with van der Waals surface area (Å²) in [6.07, 6.45) is 0. The van der Waals surface area contributed by atoms with E-state index in [1.54, 1.807) is 0 Å². The molecule has 1 heterocycles. The van der Waals surface area contributed by atoms with Crippen molar-refractivity contribution in [2.75, 3.05) is 0 Å². The topological polar surface area (TPSA) is 128 Å². The van der Waals surface area contributed by atoms with Crippen molar-refractivity contribution >= 4 is 54.3 Å². The second-order valence-electron chi connectivity index (χ2n) is 2.86. The molecule has 0 radical (unpaired) electrons. The van der Waals surface area contributed by atoms with Gasteiger partial charge < -0.3 is 0 Å². The first-order valence-electron chi connectivity index (χ1n) is 3.95. The molecule has 0 fully saturated rings. The summed E-state index contributed by atoms with van der Waals surface area (Å²) in [6.45, 7) is 0. The molecule has 0 aliphatic carbocycles. The molecule has 1 N–H and O–H groups in total. The van der Waals surface area contributed by atoms with E-state index in [0.717, 1.165) is 0 Å². The quantitative estimate of drug-likeness (QED) is 0.641. The Morgan fingerprint density at radius 3 is 1.59 bits per heavy atom. The van der Waals surface area contributed by atoms with Crippen LogP contribution in [0.2, 0.25) is 0 Å². The van der Waals surface area contributed by atoms with Crippen molar-refractivity contribution in [3.8, 4) is 0 Å². The predicted octanol–water partition coefficient (Wildman–Crippen LogP) is 2.30. The number of nitrogens with zero attached hydrogens (tertiary/aromatic N) is 4. The van der Waals surface area contributed by atoms with Crippen molar-refractivity contribution < 1.29 is 9.85 Å². The first-order chi connectivity index (χ1) is 7.95. The van der Waals surface area contributed by atoms with Gasteiger partial charge in [0.15, 0.2) is 0 Å². The highest BCUT2D eigenvalue weighted by Crippen LogP contribution is 2.44. The summed E-state index contributed by atoms with van der Waals surface area (Å²) in [7, 11) is 0. The third kappa shape index (κ3) is 1.67. The van der Waals surface area contributed by atoms with Crippen LogP contribution in [0.3, 0.4) is 0 Å². The zero-order chi connectivity index (χ0) is 12.7. The van der Waals surface area contributed by atoms with E-state index in [0.29, 0.717) is 0 Å². The van der Waals surface area contributed by atoms with Gasteiger partial charge in [-0.05, 0) is 31.9 Å². The van der Waals surface area contributed by atoms with Crippen LogP contribution in [0.1, 0.15) is 0 Å². The summed E-state index contributed by atoms with van der Waals surface area (Å²) >= 11 is 5.85. The molecule has 0 saturated carbocycles. The van der Waals surface area contributed by atoms with Gasteiger partial charge in [0.1, 0.15) is 20.0 Å². The number of nitro groups is 2. The van der Waals surface area contributed by atoms with Crippen LogP contribution in [0, 0.1) is 20.2 Å². The second kappa shape index (κ2) is 4.00. The molecule has 88 valence electrons. The lowest BCUT2D eigenvalue weighted by Crippen LogP contribution is -1.99. The van der Waals surface area contributed by atoms with Crippen LogP contribution in [0.4, 0.5) is 11.4 Å². The van der Waals surface area contributed by atoms with Crippen LogP contribution in [0.5, 0.6) is 0 Å². The zero-order valence-electron chi connectivity index (χ0n) is 7.68. The van der Waals surface area contributed by atoms with Gasteiger partial charge in [-0.15, -0.1) is 0 Å². The molecule has 2 aromatic rings. The zero-order valence-corrected chi connectivity index (χ0v) is 10.8. The Kier molecular flexibility index (Phi) is 2.79. The van der Waals surface area contributed by atoms with E-state index < -0.39 is 21.2 Å². The van der Waals surface area contributed by atoms with Gasteiger partial charge in [-0.25, -0.2) is 0 Å². The molecule has 2 rings (SSSR count). The lowest BCUT2D eigenvalue weighted by molar-refractivity contribution is -0.423. The highest BCUT2D eigenvalue weighted by atomic mass is 79.9. The summed E-state index contributed by atoms with van der Waals surface area (Å²) in [5.41, 5.74) is -1.03. The molecule has 1 aromatic heterocycles. The summed E-state index contributed by atoms with van der Waals surface area (Å²) in [4.78, 5) is 20.0. The molecular weight excluding hydrogens is 366 g/mol. The highest BCUT2D eigenvalue weighted by molar-refractivity contribution is 9.11. The molecule has 0 amide bonds. The normalized spacial score (nSPS) is 10.7. The average Bonchev–Trinajstić information content (AvgIpc) is 2.70. The van der Waals surface area contributed by atoms with E-state index in [-0.39, 0.29) is 20.0 Å². The summed E-state index contributed by atoms with van der Waals surface area (Å²) in [6, 6.07) is 0. The molecule has 0 saturated heterocycles. The number of aromatic nitrogens is 3. The minimum absolute atomic E-state index is 0.0823. The van der Waals surface area contributed by atoms with Crippen LogP contribution in [-0.2, 0) is 0 Å². The third-order valence-corrected chi connectivity index (χ3v) is 3.47. The standard InChI is InChI=1S/C6HBr2N5O4/c7-1-3-4(10-11-9-3)2(8)6(13(16)17)5(1)12(14)15/h(H,9,10,11). The largest absolute Gasteiger partial charge is 0.363 e. The summed E-state index contributed by atoms with van der Waals surface area (Å²) < 4.78 is -0.165. The van der Waals surface area contributed by atoms with Gasteiger partial charge in [-0.2, -0.15) is 15.4 Å². The Morgan fingerprint density at radius 1 is 0.941 bits per heavy atom. The lowest BCUT2D eigenvalue weighted by atomic mass is 10.2. The molecule has 0 aliphatic rings. The van der Waals surface area contributed by atoms with E-state index in [1.807, 2.05) is 0 Å². The molecule has 0 spiro atoms. The summed E-state index contributed by atoms with van der Waals surface area (Å²) in [5, 5.41) is 31.3. The number of aromatic amines is 1. The Hall–Kier alpha value is -1.62. The van der Waals surface area contributed by atoms with E-state index in [1.165, 1.54) is 0 Å². The van der Waals surface area contributed by atoms with Crippen molar-refractivity contribution in [3.05, 3.63) is 29.2 Å². The number of H-pyrrole nitrogens is 1. The molecule has 11 heteroatoms. The molecule has 0 atom stereocenters. The highest BCUT2D eigenvalue weighted by Gasteiger charge is 2.35. The van der Waals surface area contributed by atoms with Gasteiger partial charge in [0.2, 0.25) is 0 Å². The van der Waals surface area contributed by atoms with Crippen molar-refractivity contribution in [1.82, 2.24) is 15.4 Å². The summed E-state index contributed by atoms with van der Waals surface area (Å²) in [5.74, 6) is 0. The van der Waals surface area contributed by atoms with Crippen molar-refractivity contribution in [3.63, 3.8) is 0 Å². The predicted molar refractivity (Wildman–Crippen MR) is 62.6 cm³/mol. The number of rotatable bonds is 2. The Morgan fingerprint density at radius 2 is 1.29 bits per heavy atom. The maximum absolute atomic E-state index is 10.9. The van der Waals surface area contributed by atoms with E-state index in [4.69, 9.17) is 0 Å². The van der Waals surface area contributed by atoms with Gasteiger partial charge in [0.05, 0.1) is 9.85 Å². The Bertz CT molecular complexity index is 599. The van der Waals surface area contributed by atoms with Crippen LogP contribution in [-0.4, -0.2) is 25.3 Å². The van der Waals surface area contributed by atoms with Gasteiger partial charge in [-0.1, -0.05) is 0 Å². The third-order valence-electron chi connectivity index (χ3n) is 1.97. The van der Waals surface area contributed by atoms with Gasteiger partial charge >= 0.3 is 11.4 Å². The SMILES string of the molecule is O=[N+]([O-])c1c([N+](=O)[O-])c(Br)c2n[nH]nc2c1Br. The van der Waals surface area contributed by atoms with Crippen LogP contribution < -0.4 is 0 Å². The molecule has 9 nitrogen and oxygen atoms in total. The first-order valence-corrected chi connectivity index (χ1v) is 5.54. The first kappa shape index (κ1) is 11.9. The minimum atomic E-state index is -0.846. The molecule has 17 heavy (non-hydrogen) atoms. The van der Waals surface area contributed by atoms with Crippen LogP contribution in [0.25, 0.3) is 11.0 Å². The number of nitro benzene ring substituents is 2. The minimum Gasteiger partial charge on any atom is -0.258 e. The molecule has 0 bridgehead atoms. The average molecular weight is 367 g/mol. The van der Waals surface area contributed by atoms with Crippen LogP contribution in [0.15, 0.2) is 8.95 Å². The maximum Gasteiger partial charge on any atom is 0.363 e. The smallest absolute Gasteiger partial charge is 0.258 e. The monoisotopic (exact) mass is 365 g/mol. The number of nitrogens with one attached hydrogen (secondary N) is 1. The van der Waals surface area contributed by atoms with E-state index >= 15 is 0 Å². The van der Waals surface area contributed by atoms with Crippen molar-refractivity contribution in [2.45, 2.75) is 0 Å². The fraction of sp³-hybridized carbons (Fsp3) is 0. The lowest BCUT2D eigenvalue weighted by Gasteiger charge is -2.00. The fourth-order valence-corrected chi connectivity index (χ4v) is 2.52. The molecule has 1 aromatic carbocycles. The second-order valence-corrected chi connectivity index (χ2v) is 4.45. The Labute approximate surface area is 109 Å². The number of hydrogen-bond donors (Lipinski definition) is 1. The number of benzene rings is 1. The molecule has 0 unspecified atom stereocenters. The number of halogens is 2. The van der Waals surface area contributed by atoms with Gasteiger partial charge in [0, 0.05) is 0 Å². The fourth-order valence-electron chi connectivity index (χ4n) is 1.30. The maximum atomic E-state index is 10.9. The Balaban J connectivity index is 3.03. The van der Waals surface area contributed by atoms with Gasteiger partial charge in [0.25, 0.3) is 0 Å². The van der Waals surface area contributed by atoms with E-state index in [2.05, 4.69) is 47.3 Å². The molecule has 0 aliphatic heterocycles. The van der Waals surface area contributed by atoms with Crippen molar-refractivity contribution in [1.29, 1.82) is 0 Å². The number of fused-ring (bicyclic) bond motifs is 1. The van der Waals surface area contributed by atoms with Crippen LogP contribution >= 0.6 is 31.9 Å². The van der Waals surface area contributed by atoms with Gasteiger partial charge in [-0.3, -0.25) is 20.2 Å². The number of hydrogen-bond acceptors (Lipinski definition) is 6.